The number of anilines is 1. The van der Waals surface area contributed by atoms with Crippen molar-refractivity contribution in [3.05, 3.63) is 34.9 Å². The highest BCUT2D eigenvalue weighted by Gasteiger charge is 2.52. The van der Waals surface area contributed by atoms with Gasteiger partial charge in [-0.2, -0.15) is 0 Å². The number of amides is 1. The lowest BCUT2D eigenvalue weighted by Crippen LogP contribution is -2.40. The van der Waals surface area contributed by atoms with E-state index in [1.807, 2.05) is 0 Å². The van der Waals surface area contributed by atoms with Gasteiger partial charge in [-0.1, -0.05) is 18.6 Å². The maximum absolute atomic E-state index is 10.9. The molecule has 1 aromatic rings. The van der Waals surface area contributed by atoms with Crippen LogP contribution in [-0.2, 0) is 11.2 Å². The zero-order valence-electron chi connectivity index (χ0n) is 15.6. The maximum Gasteiger partial charge on any atom is 0.211 e. The molecule has 3 nitrogen and oxygen atoms in total. The molecule has 25 heavy (non-hydrogen) atoms. The number of ether oxygens (including phenoxy) is 1. The van der Waals surface area contributed by atoms with Crippen molar-refractivity contribution >= 4 is 12.1 Å². The largest absolute Gasteiger partial charge is 0.495 e. The van der Waals surface area contributed by atoms with E-state index in [2.05, 4.69) is 37.4 Å². The lowest BCUT2D eigenvalue weighted by atomic mass is 9.55. The number of rotatable bonds is 3. The van der Waals surface area contributed by atoms with Gasteiger partial charge in [0.1, 0.15) is 5.75 Å². The van der Waals surface area contributed by atoms with Crippen LogP contribution in [0.15, 0.2) is 23.8 Å². The summed E-state index contributed by atoms with van der Waals surface area (Å²) in [7, 11) is 1.69. The zero-order chi connectivity index (χ0) is 17.6. The Kier molecular flexibility index (Phi) is 4.13. The number of methoxy groups -OCH3 is 1. The summed E-state index contributed by atoms with van der Waals surface area (Å²) < 4.78 is 5.55. The van der Waals surface area contributed by atoms with Crippen LogP contribution in [0.5, 0.6) is 5.75 Å². The molecule has 0 aliphatic heterocycles. The number of hydrogen-bond acceptors (Lipinski definition) is 2. The Hall–Kier alpha value is -1.77. The van der Waals surface area contributed by atoms with E-state index in [-0.39, 0.29) is 0 Å². The molecule has 2 fully saturated rings. The van der Waals surface area contributed by atoms with Crippen LogP contribution < -0.4 is 10.1 Å². The fourth-order valence-electron chi connectivity index (χ4n) is 6.27. The Morgan fingerprint density at radius 3 is 2.80 bits per heavy atom. The second-order valence-corrected chi connectivity index (χ2v) is 8.24. The summed E-state index contributed by atoms with van der Waals surface area (Å²) in [5, 5.41) is 2.79. The first-order valence-corrected chi connectivity index (χ1v) is 9.69. The van der Waals surface area contributed by atoms with Crippen LogP contribution in [-0.4, -0.2) is 13.5 Å². The van der Waals surface area contributed by atoms with Crippen molar-refractivity contribution in [2.75, 3.05) is 12.4 Å². The van der Waals surface area contributed by atoms with E-state index in [1.165, 1.54) is 43.2 Å². The van der Waals surface area contributed by atoms with Crippen LogP contribution in [0.2, 0.25) is 0 Å². The van der Waals surface area contributed by atoms with Gasteiger partial charge in [0, 0.05) is 0 Å². The lowest BCUT2D eigenvalue weighted by molar-refractivity contribution is -0.105. The second-order valence-electron chi connectivity index (χ2n) is 8.24. The number of nitrogens with one attached hydrogen (secondary N) is 1. The van der Waals surface area contributed by atoms with Crippen LogP contribution in [0.25, 0.3) is 0 Å². The predicted octanol–water partition coefficient (Wildman–Crippen LogP) is 5.07. The summed E-state index contributed by atoms with van der Waals surface area (Å²) in [4.78, 5) is 10.9. The average Bonchev–Trinajstić information content (AvgIpc) is 2.97. The van der Waals surface area contributed by atoms with Crippen molar-refractivity contribution < 1.29 is 9.53 Å². The van der Waals surface area contributed by atoms with Crippen molar-refractivity contribution in [3.8, 4) is 5.75 Å². The normalized spacial score (nSPS) is 34.8. The molecule has 0 heterocycles. The Labute approximate surface area is 150 Å². The van der Waals surface area contributed by atoms with Crippen LogP contribution in [0.1, 0.15) is 63.0 Å². The summed E-state index contributed by atoms with van der Waals surface area (Å²) in [6.45, 7) is 4.74. The summed E-state index contributed by atoms with van der Waals surface area (Å²) in [5.74, 6) is 3.06. The van der Waals surface area contributed by atoms with E-state index >= 15 is 0 Å². The van der Waals surface area contributed by atoms with Crippen LogP contribution in [0.4, 0.5) is 5.69 Å². The number of carbonyl (C=O) groups excluding carboxylic acids is 1. The van der Waals surface area contributed by atoms with Gasteiger partial charge in [-0.15, -0.1) is 0 Å². The molecule has 1 amide bonds. The molecule has 4 rings (SSSR count). The molecule has 3 unspecified atom stereocenters. The van der Waals surface area contributed by atoms with Gasteiger partial charge < -0.3 is 10.1 Å². The summed E-state index contributed by atoms with van der Waals surface area (Å²) >= 11 is 0. The number of allylic oxidation sites excluding steroid dienone is 2. The van der Waals surface area contributed by atoms with Gasteiger partial charge in [0.25, 0.3) is 0 Å². The molecule has 2 saturated carbocycles. The molecule has 0 aromatic heterocycles. The minimum atomic E-state index is 0.427. The van der Waals surface area contributed by atoms with Gasteiger partial charge >= 0.3 is 0 Å². The van der Waals surface area contributed by atoms with Gasteiger partial charge in [0.2, 0.25) is 6.41 Å². The van der Waals surface area contributed by atoms with Crippen LogP contribution in [0.3, 0.4) is 0 Å². The molecular formula is C22H29NO2. The third-order valence-electron chi connectivity index (χ3n) is 7.46. The third kappa shape index (κ3) is 2.43. The molecule has 3 aliphatic carbocycles. The maximum atomic E-state index is 10.9. The van der Waals surface area contributed by atoms with Gasteiger partial charge in [0.15, 0.2) is 0 Å². The molecule has 1 aromatic carbocycles. The molecule has 4 atom stereocenters. The molecule has 1 N–H and O–H groups in total. The van der Waals surface area contributed by atoms with Gasteiger partial charge in [0.05, 0.1) is 12.8 Å². The van der Waals surface area contributed by atoms with Crippen molar-refractivity contribution in [1.29, 1.82) is 0 Å². The summed E-state index contributed by atoms with van der Waals surface area (Å²) in [5.41, 5.74) is 5.80. The summed E-state index contributed by atoms with van der Waals surface area (Å²) in [6, 6.07) is 4.34. The highest BCUT2D eigenvalue weighted by molar-refractivity contribution is 5.76. The van der Waals surface area contributed by atoms with Gasteiger partial charge in [-0.3, -0.25) is 4.79 Å². The number of hydrogen-bond donors (Lipinski definition) is 1. The first-order chi connectivity index (χ1) is 12.1. The third-order valence-corrected chi connectivity index (χ3v) is 7.46. The highest BCUT2D eigenvalue weighted by atomic mass is 16.5. The molecule has 0 spiro atoms. The number of aryl methyl sites for hydroxylation is 1. The van der Waals surface area contributed by atoms with Crippen molar-refractivity contribution in [3.63, 3.8) is 0 Å². The van der Waals surface area contributed by atoms with Gasteiger partial charge in [-0.05, 0) is 91.9 Å². The zero-order valence-corrected chi connectivity index (χ0v) is 15.6. The number of fused-ring (bicyclic) bond motifs is 5. The first-order valence-electron chi connectivity index (χ1n) is 9.69. The fraction of sp³-hybridized carbons (Fsp3) is 0.591. The Morgan fingerprint density at radius 2 is 2.08 bits per heavy atom. The molecule has 0 saturated heterocycles. The van der Waals surface area contributed by atoms with E-state index in [1.54, 1.807) is 12.7 Å². The Bertz CT molecular complexity index is 723. The monoisotopic (exact) mass is 339 g/mol. The second kappa shape index (κ2) is 6.19. The summed E-state index contributed by atoms with van der Waals surface area (Å²) in [6.07, 6.45) is 10.7. The average molecular weight is 339 g/mol. The lowest BCUT2D eigenvalue weighted by Gasteiger charge is -2.49. The molecule has 0 bridgehead atoms. The van der Waals surface area contributed by atoms with Crippen molar-refractivity contribution in [1.82, 2.24) is 0 Å². The van der Waals surface area contributed by atoms with Crippen molar-refractivity contribution in [2.24, 2.45) is 17.3 Å². The fourth-order valence-corrected chi connectivity index (χ4v) is 6.27. The molecular weight excluding hydrogens is 310 g/mol. The van der Waals surface area contributed by atoms with E-state index in [4.69, 9.17) is 4.74 Å². The van der Waals surface area contributed by atoms with Crippen LogP contribution >= 0.6 is 0 Å². The first kappa shape index (κ1) is 16.7. The Morgan fingerprint density at radius 1 is 1.24 bits per heavy atom. The topological polar surface area (TPSA) is 38.3 Å². The standard InChI is InChI=1S/C22H29NO2/c1-4-15-6-8-19-17-7-5-14-11-20(23-13-24)21(25-3)12-18(14)16(17)9-10-22(15,19)2/h4,11-13,16-17,19H,5-10H2,1-3H3,(H,23,24)/t16?,17?,19?,22-/m1/s1. The van der Waals surface area contributed by atoms with Crippen molar-refractivity contribution in [2.45, 2.75) is 58.3 Å². The molecule has 134 valence electrons. The molecule has 3 heteroatoms. The molecule has 3 aliphatic rings. The van der Waals surface area contributed by atoms with E-state index < -0.39 is 0 Å². The quantitative estimate of drug-likeness (QED) is 0.617. The highest BCUT2D eigenvalue weighted by Crippen LogP contribution is 2.63. The van der Waals surface area contributed by atoms with Gasteiger partial charge in [-0.25, -0.2) is 0 Å². The van der Waals surface area contributed by atoms with E-state index in [0.717, 1.165) is 36.1 Å². The SMILES string of the molecule is CC=C1CCC2C3CCc4cc(NC=O)c(OC)cc4C3CC[C@]12C. The smallest absolute Gasteiger partial charge is 0.211 e. The Balaban J connectivity index is 1.71. The van der Waals surface area contributed by atoms with E-state index in [9.17, 15) is 4.79 Å². The van der Waals surface area contributed by atoms with E-state index in [0.29, 0.717) is 11.3 Å². The molecule has 0 radical (unpaired) electrons. The minimum Gasteiger partial charge on any atom is -0.495 e. The minimum absolute atomic E-state index is 0.427. The van der Waals surface area contributed by atoms with Crippen LogP contribution in [0, 0.1) is 17.3 Å². The predicted molar refractivity (Wildman–Crippen MR) is 101 cm³/mol. The number of carbonyl (C=O) groups is 1. The number of benzene rings is 1.